The van der Waals surface area contributed by atoms with Crippen molar-refractivity contribution in [3.63, 3.8) is 0 Å². The molecular weight excluding hydrogens is 202 g/mol. The predicted molar refractivity (Wildman–Crippen MR) is 62.6 cm³/mol. The molecule has 0 saturated carbocycles. The molecule has 2 rings (SSSR count). The maximum atomic E-state index is 5.73. The lowest BCUT2D eigenvalue weighted by Gasteiger charge is -2.25. The van der Waals surface area contributed by atoms with E-state index in [-0.39, 0.29) is 12.1 Å². The van der Waals surface area contributed by atoms with Gasteiger partial charge >= 0.3 is 0 Å². The van der Waals surface area contributed by atoms with Gasteiger partial charge in [0.25, 0.3) is 0 Å². The van der Waals surface area contributed by atoms with Gasteiger partial charge in [-0.1, -0.05) is 6.92 Å². The summed E-state index contributed by atoms with van der Waals surface area (Å²) < 4.78 is 5.73. The van der Waals surface area contributed by atoms with E-state index in [1.807, 2.05) is 24.5 Å². The van der Waals surface area contributed by atoms with Crippen LogP contribution < -0.4 is 11.3 Å². The molecule has 0 bridgehead atoms. The minimum atomic E-state index is 0.180. The van der Waals surface area contributed by atoms with Crippen molar-refractivity contribution in [3.05, 3.63) is 30.1 Å². The highest BCUT2D eigenvalue weighted by Crippen LogP contribution is 2.24. The summed E-state index contributed by atoms with van der Waals surface area (Å²) in [4.78, 5) is 4.01. The summed E-state index contributed by atoms with van der Waals surface area (Å²) in [6.07, 6.45) is 5.84. The molecule has 3 N–H and O–H groups in total. The number of pyridine rings is 1. The van der Waals surface area contributed by atoms with Crippen molar-refractivity contribution in [1.82, 2.24) is 10.4 Å². The van der Waals surface area contributed by atoms with Crippen molar-refractivity contribution in [2.75, 3.05) is 6.61 Å². The predicted octanol–water partition coefficient (Wildman–Crippen LogP) is 0.881. The van der Waals surface area contributed by atoms with Gasteiger partial charge in [0.2, 0.25) is 0 Å². The molecule has 16 heavy (non-hydrogen) atoms. The number of aromatic nitrogens is 1. The minimum Gasteiger partial charge on any atom is -0.376 e. The molecule has 2 heterocycles. The maximum absolute atomic E-state index is 5.73. The van der Waals surface area contributed by atoms with Crippen LogP contribution in [0.15, 0.2) is 24.5 Å². The van der Waals surface area contributed by atoms with Crippen LogP contribution in [0.3, 0.4) is 0 Å². The molecule has 1 aliphatic rings. The van der Waals surface area contributed by atoms with E-state index in [0.29, 0.717) is 5.92 Å². The standard InChI is InChI=1S/C12H19N3O/c1-9-4-7-16-12(9)11(15-13)8-10-2-5-14-6-3-10/h2-3,5-6,9,11-12,15H,4,7-8,13H2,1H3. The van der Waals surface area contributed by atoms with Crippen molar-refractivity contribution in [2.24, 2.45) is 11.8 Å². The van der Waals surface area contributed by atoms with Crippen LogP contribution in [0.4, 0.5) is 0 Å². The van der Waals surface area contributed by atoms with Crippen molar-refractivity contribution in [2.45, 2.75) is 31.9 Å². The molecule has 1 aromatic rings. The second-order valence-electron chi connectivity index (χ2n) is 4.43. The zero-order chi connectivity index (χ0) is 11.4. The Labute approximate surface area is 96.2 Å². The zero-order valence-electron chi connectivity index (χ0n) is 9.60. The van der Waals surface area contributed by atoms with Crippen molar-refractivity contribution in [1.29, 1.82) is 0 Å². The lowest BCUT2D eigenvalue weighted by atomic mass is 9.94. The van der Waals surface area contributed by atoms with Gasteiger partial charge < -0.3 is 4.74 Å². The largest absolute Gasteiger partial charge is 0.376 e. The molecule has 4 nitrogen and oxygen atoms in total. The molecule has 0 radical (unpaired) electrons. The van der Waals surface area contributed by atoms with Gasteiger partial charge in [-0.25, -0.2) is 0 Å². The van der Waals surface area contributed by atoms with Crippen molar-refractivity contribution >= 4 is 0 Å². The summed E-state index contributed by atoms with van der Waals surface area (Å²) in [7, 11) is 0. The number of nitrogens with zero attached hydrogens (tertiary/aromatic N) is 1. The number of hydrogen-bond donors (Lipinski definition) is 2. The van der Waals surface area contributed by atoms with E-state index in [1.165, 1.54) is 5.56 Å². The van der Waals surface area contributed by atoms with E-state index < -0.39 is 0 Å². The Bertz CT molecular complexity index is 317. The fraction of sp³-hybridized carbons (Fsp3) is 0.583. The Morgan fingerprint density at radius 2 is 2.31 bits per heavy atom. The Kier molecular flexibility index (Phi) is 3.88. The first-order valence-corrected chi connectivity index (χ1v) is 5.78. The van der Waals surface area contributed by atoms with E-state index in [0.717, 1.165) is 19.4 Å². The van der Waals surface area contributed by atoms with Gasteiger partial charge in [-0.3, -0.25) is 16.3 Å². The number of hydrogen-bond acceptors (Lipinski definition) is 4. The summed E-state index contributed by atoms with van der Waals surface area (Å²) in [5.74, 6) is 6.19. The van der Waals surface area contributed by atoms with Crippen molar-refractivity contribution in [3.8, 4) is 0 Å². The van der Waals surface area contributed by atoms with Crippen LogP contribution in [0.5, 0.6) is 0 Å². The molecule has 88 valence electrons. The monoisotopic (exact) mass is 221 g/mol. The molecule has 1 fully saturated rings. The summed E-state index contributed by atoms with van der Waals surface area (Å²) in [5.41, 5.74) is 4.11. The first-order chi connectivity index (χ1) is 7.81. The van der Waals surface area contributed by atoms with Gasteiger partial charge in [0.1, 0.15) is 0 Å². The van der Waals surface area contributed by atoms with Crippen LogP contribution in [0, 0.1) is 5.92 Å². The average Bonchev–Trinajstić information content (AvgIpc) is 2.74. The van der Waals surface area contributed by atoms with E-state index >= 15 is 0 Å². The van der Waals surface area contributed by atoms with Crippen LogP contribution in [0.25, 0.3) is 0 Å². The first-order valence-electron chi connectivity index (χ1n) is 5.78. The highest BCUT2D eigenvalue weighted by molar-refractivity contribution is 5.12. The molecule has 3 unspecified atom stereocenters. The van der Waals surface area contributed by atoms with E-state index in [4.69, 9.17) is 10.6 Å². The molecule has 0 spiro atoms. The first kappa shape index (κ1) is 11.5. The minimum absolute atomic E-state index is 0.180. The number of ether oxygens (including phenoxy) is 1. The average molecular weight is 221 g/mol. The fourth-order valence-electron chi connectivity index (χ4n) is 2.27. The number of nitrogens with one attached hydrogen (secondary N) is 1. The zero-order valence-corrected chi connectivity index (χ0v) is 9.60. The van der Waals surface area contributed by atoms with Crippen LogP contribution in [0.1, 0.15) is 18.9 Å². The molecule has 1 saturated heterocycles. The third-order valence-electron chi connectivity index (χ3n) is 3.26. The third kappa shape index (κ3) is 2.58. The Morgan fingerprint density at radius 1 is 1.56 bits per heavy atom. The topological polar surface area (TPSA) is 60.2 Å². The molecular formula is C12H19N3O. The van der Waals surface area contributed by atoms with Crippen LogP contribution >= 0.6 is 0 Å². The Balaban J connectivity index is 2.00. The SMILES string of the molecule is CC1CCOC1C(Cc1ccncc1)NN. The molecule has 0 aliphatic carbocycles. The highest BCUT2D eigenvalue weighted by atomic mass is 16.5. The van der Waals surface area contributed by atoms with Gasteiger partial charge in [0, 0.05) is 19.0 Å². The van der Waals surface area contributed by atoms with Crippen LogP contribution in [0.2, 0.25) is 0 Å². The quantitative estimate of drug-likeness (QED) is 0.585. The molecule has 4 heteroatoms. The highest BCUT2D eigenvalue weighted by Gasteiger charge is 2.31. The summed E-state index contributed by atoms with van der Waals surface area (Å²) >= 11 is 0. The van der Waals surface area contributed by atoms with Gasteiger partial charge in [-0.15, -0.1) is 0 Å². The lowest BCUT2D eigenvalue weighted by molar-refractivity contribution is 0.0610. The van der Waals surface area contributed by atoms with Gasteiger partial charge in [-0.05, 0) is 36.5 Å². The summed E-state index contributed by atoms with van der Waals surface area (Å²) in [6, 6.07) is 4.22. The lowest BCUT2D eigenvalue weighted by Crippen LogP contribution is -2.47. The van der Waals surface area contributed by atoms with E-state index in [9.17, 15) is 0 Å². The van der Waals surface area contributed by atoms with Gasteiger partial charge in [-0.2, -0.15) is 0 Å². The molecule has 1 aromatic heterocycles. The fourth-order valence-corrected chi connectivity index (χ4v) is 2.27. The van der Waals surface area contributed by atoms with Crippen LogP contribution in [-0.2, 0) is 11.2 Å². The van der Waals surface area contributed by atoms with Gasteiger partial charge in [0.05, 0.1) is 12.1 Å². The number of nitrogens with two attached hydrogens (primary N) is 1. The molecule has 1 aliphatic heterocycles. The second kappa shape index (κ2) is 5.39. The Morgan fingerprint density at radius 3 is 2.88 bits per heavy atom. The summed E-state index contributed by atoms with van der Waals surface area (Å²) in [5, 5.41) is 0. The van der Waals surface area contributed by atoms with Crippen molar-refractivity contribution < 1.29 is 4.74 Å². The molecule has 0 amide bonds. The number of hydrazine groups is 1. The normalized spacial score (nSPS) is 26.9. The Hall–Kier alpha value is -0.970. The molecule has 0 aromatic carbocycles. The van der Waals surface area contributed by atoms with Crippen LogP contribution in [-0.4, -0.2) is 23.7 Å². The maximum Gasteiger partial charge on any atom is 0.0771 e. The summed E-state index contributed by atoms with van der Waals surface area (Å²) in [6.45, 7) is 3.06. The van der Waals surface area contributed by atoms with E-state index in [2.05, 4.69) is 17.3 Å². The smallest absolute Gasteiger partial charge is 0.0771 e. The van der Waals surface area contributed by atoms with E-state index in [1.54, 1.807) is 0 Å². The number of rotatable bonds is 4. The molecule has 3 atom stereocenters. The van der Waals surface area contributed by atoms with Gasteiger partial charge in [0.15, 0.2) is 0 Å². The third-order valence-corrected chi connectivity index (χ3v) is 3.26. The second-order valence-corrected chi connectivity index (χ2v) is 4.43.